The van der Waals surface area contributed by atoms with Crippen LogP contribution in [0.2, 0.25) is 0 Å². The molecule has 1 amide bonds. The summed E-state index contributed by atoms with van der Waals surface area (Å²) >= 11 is 3.33. The molecule has 0 spiro atoms. The van der Waals surface area contributed by atoms with Crippen LogP contribution in [0.1, 0.15) is 18.4 Å². The van der Waals surface area contributed by atoms with Crippen molar-refractivity contribution in [2.45, 2.75) is 31.5 Å². The Hall–Kier alpha value is -1.40. The van der Waals surface area contributed by atoms with Crippen LogP contribution in [-0.2, 0) is 20.7 Å². The summed E-state index contributed by atoms with van der Waals surface area (Å²) in [7, 11) is 1.28. The van der Waals surface area contributed by atoms with Crippen LogP contribution in [0.25, 0.3) is 0 Å². The van der Waals surface area contributed by atoms with Gasteiger partial charge in [0.15, 0.2) is 0 Å². The van der Waals surface area contributed by atoms with Crippen molar-refractivity contribution in [1.29, 1.82) is 0 Å². The highest BCUT2D eigenvalue weighted by atomic mass is 79.9. The van der Waals surface area contributed by atoms with Crippen LogP contribution in [0.15, 0.2) is 28.7 Å². The Bertz CT molecular complexity index is 502. The number of hydrogen-bond donors (Lipinski definition) is 1. The fraction of sp³-hybridized carbons (Fsp3) is 0.429. The van der Waals surface area contributed by atoms with Gasteiger partial charge in [-0.05, 0) is 30.5 Å². The third-order valence-electron chi connectivity index (χ3n) is 3.39. The molecule has 0 saturated carbocycles. The molecule has 2 atom stereocenters. The lowest BCUT2D eigenvalue weighted by atomic mass is 10.1. The standard InChI is InChI=1S/C14H16BrNO4/c1-20-14(19)11-6-7-12(17)16(11)13(18)8-9-2-4-10(15)5-3-9/h2-5,11-12,17H,6-8H2,1H3/t11-,12?/m0/s1. The van der Waals surface area contributed by atoms with Crippen LogP contribution in [0, 0.1) is 0 Å². The highest BCUT2D eigenvalue weighted by molar-refractivity contribution is 9.10. The van der Waals surface area contributed by atoms with Gasteiger partial charge in [0.1, 0.15) is 12.3 Å². The summed E-state index contributed by atoms with van der Waals surface area (Å²) in [6.07, 6.45) is 0.0610. The number of nitrogens with zero attached hydrogens (tertiary/aromatic N) is 1. The van der Waals surface area contributed by atoms with E-state index in [0.29, 0.717) is 12.8 Å². The molecule has 5 nitrogen and oxygen atoms in total. The van der Waals surface area contributed by atoms with Gasteiger partial charge >= 0.3 is 5.97 Å². The topological polar surface area (TPSA) is 66.8 Å². The monoisotopic (exact) mass is 341 g/mol. The lowest BCUT2D eigenvalue weighted by Gasteiger charge is -2.25. The second-order valence-electron chi connectivity index (χ2n) is 4.70. The molecule has 1 heterocycles. The molecule has 1 unspecified atom stereocenters. The molecule has 0 aliphatic carbocycles. The molecule has 1 N–H and O–H groups in total. The molecule has 1 aliphatic heterocycles. The molecule has 2 rings (SSSR count). The van der Waals surface area contributed by atoms with Gasteiger partial charge in [-0.1, -0.05) is 28.1 Å². The van der Waals surface area contributed by atoms with E-state index in [1.807, 2.05) is 24.3 Å². The van der Waals surface area contributed by atoms with E-state index >= 15 is 0 Å². The Kier molecular flexibility index (Phi) is 4.77. The normalized spacial score (nSPS) is 21.9. The van der Waals surface area contributed by atoms with E-state index in [1.165, 1.54) is 12.0 Å². The predicted molar refractivity (Wildman–Crippen MR) is 75.7 cm³/mol. The molecule has 1 fully saturated rings. The largest absolute Gasteiger partial charge is 0.467 e. The summed E-state index contributed by atoms with van der Waals surface area (Å²) in [5.41, 5.74) is 0.834. The summed E-state index contributed by atoms with van der Waals surface area (Å²) in [5.74, 6) is -0.751. The van der Waals surface area contributed by atoms with E-state index < -0.39 is 18.2 Å². The highest BCUT2D eigenvalue weighted by Gasteiger charge is 2.40. The molecule has 0 bridgehead atoms. The number of benzene rings is 1. The van der Waals surface area contributed by atoms with Gasteiger partial charge in [0.05, 0.1) is 13.5 Å². The minimum absolute atomic E-state index is 0.151. The first-order valence-electron chi connectivity index (χ1n) is 6.34. The van der Waals surface area contributed by atoms with Crippen LogP contribution in [0.5, 0.6) is 0 Å². The van der Waals surface area contributed by atoms with Crippen molar-refractivity contribution in [2.75, 3.05) is 7.11 Å². The van der Waals surface area contributed by atoms with Gasteiger partial charge in [0, 0.05) is 4.47 Å². The van der Waals surface area contributed by atoms with Crippen molar-refractivity contribution in [3.8, 4) is 0 Å². The van der Waals surface area contributed by atoms with Crippen molar-refractivity contribution >= 4 is 27.8 Å². The summed E-state index contributed by atoms with van der Waals surface area (Å²) in [6.45, 7) is 0. The van der Waals surface area contributed by atoms with Crippen molar-refractivity contribution in [3.05, 3.63) is 34.3 Å². The minimum atomic E-state index is -0.915. The number of halogens is 1. The van der Waals surface area contributed by atoms with Gasteiger partial charge in [0.2, 0.25) is 5.91 Å². The van der Waals surface area contributed by atoms with Crippen LogP contribution in [-0.4, -0.2) is 41.3 Å². The van der Waals surface area contributed by atoms with Crippen LogP contribution in [0.3, 0.4) is 0 Å². The predicted octanol–water partition coefficient (Wildman–Crippen LogP) is 1.47. The zero-order chi connectivity index (χ0) is 14.7. The molecular weight excluding hydrogens is 326 g/mol. The average molecular weight is 342 g/mol. The number of aliphatic hydroxyl groups is 1. The number of likely N-dealkylation sites (tertiary alicyclic amines) is 1. The van der Waals surface area contributed by atoms with E-state index in [0.717, 1.165) is 10.0 Å². The highest BCUT2D eigenvalue weighted by Crippen LogP contribution is 2.24. The van der Waals surface area contributed by atoms with Crippen molar-refractivity contribution < 1.29 is 19.4 Å². The van der Waals surface area contributed by atoms with E-state index in [9.17, 15) is 14.7 Å². The smallest absolute Gasteiger partial charge is 0.328 e. The number of aliphatic hydroxyl groups excluding tert-OH is 1. The quantitative estimate of drug-likeness (QED) is 0.845. The van der Waals surface area contributed by atoms with Gasteiger partial charge in [-0.3, -0.25) is 4.79 Å². The second-order valence-corrected chi connectivity index (χ2v) is 5.62. The number of methoxy groups -OCH3 is 1. The van der Waals surface area contributed by atoms with Crippen molar-refractivity contribution in [2.24, 2.45) is 0 Å². The minimum Gasteiger partial charge on any atom is -0.467 e. The van der Waals surface area contributed by atoms with Crippen LogP contribution in [0.4, 0.5) is 0 Å². The zero-order valence-electron chi connectivity index (χ0n) is 11.1. The molecule has 1 saturated heterocycles. The number of carbonyl (C=O) groups is 2. The Morgan fingerprint density at radius 2 is 2.00 bits per heavy atom. The van der Waals surface area contributed by atoms with Gasteiger partial charge < -0.3 is 14.7 Å². The number of amides is 1. The van der Waals surface area contributed by atoms with Crippen molar-refractivity contribution in [1.82, 2.24) is 4.90 Å². The van der Waals surface area contributed by atoms with Gasteiger partial charge in [0.25, 0.3) is 0 Å². The number of carbonyl (C=O) groups excluding carboxylic acids is 2. The maximum absolute atomic E-state index is 12.3. The first-order chi connectivity index (χ1) is 9.52. The molecule has 108 valence electrons. The Morgan fingerprint density at radius 3 is 2.60 bits per heavy atom. The fourth-order valence-electron chi connectivity index (χ4n) is 2.37. The van der Waals surface area contributed by atoms with Gasteiger partial charge in [-0.25, -0.2) is 4.79 Å². The van der Waals surface area contributed by atoms with Crippen LogP contribution >= 0.6 is 15.9 Å². The van der Waals surface area contributed by atoms with E-state index in [-0.39, 0.29) is 12.3 Å². The number of ether oxygens (including phenoxy) is 1. The maximum Gasteiger partial charge on any atom is 0.328 e. The van der Waals surface area contributed by atoms with E-state index in [1.54, 1.807) is 0 Å². The molecule has 20 heavy (non-hydrogen) atoms. The molecule has 1 aliphatic rings. The van der Waals surface area contributed by atoms with Crippen LogP contribution < -0.4 is 0 Å². The molecule has 1 aromatic rings. The number of hydrogen-bond acceptors (Lipinski definition) is 4. The molecule has 0 aromatic heterocycles. The zero-order valence-corrected chi connectivity index (χ0v) is 12.7. The summed E-state index contributed by atoms with van der Waals surface area (Å²) < 4.78 is 5.61. The first-order valence-corrected chi connectivity index (χ1v) is 7.13. The molecule has 6 heteroatoms. The average Bonchev–Trinajstić information content (AvgIpc) is 2.82. The Balaban J connectivity index is 2.10. The maximum atomic E-state index is 12.3. The van der Waals surface area contributed by atoms with Gasteiger partial charge in [-0.2, -0.15) is 0 Å². The summed E-state index contributed by atoms with van der Waals surface area (Å²) in [6, 6.07) is 6.68. The fourth-order valence-corrected chi connectivity index (χ4v) is 2.63. The molecule has 1 aromatic carbocycles. The molecule has 0 radical (unpaired) electrons. The third kappa shape index (κ3) is 3.19. The lowest BCUT2D eigenvalue weighted by molar-refractivity contribution is -0.156. The Morgan fingerprint density at radius 1 is 1.35 bits per heavy atom. The third-order valence-corrected chi connectivity index (χ3v) is 3.91. The van der Waals surface area contributed by atoms with E-state index in [4.69, 9.17) is 0 Å². The SMILES string of the molecule is COC(=O)[C@@H]1CCC(O)N1C(=O)Cc1ccc(Br)cc1. The van der Waals surface area contributed by atoms with Gasteiger partial charge in [-0.15, -0.1) is 0 Å². The lowest BCUT2D eigenvalue weighted by Crippen LogP contribution is -2.46. The van der Waals surface area contributed by atoms with Crippen molar-refractivity contribution in [3.63, 3.8) is 0 Å². The second kappa shape index (κ2) is 6.37. The summed E-state index contributed by atoms with van der Waals surface area (Å²) in [5, 5.41) is 9.89. The number of rotatable bonds is 3. The molecular formula is C14H16BrNO4. The summed E-state index contributed by atoms with van der Waals surface area (Å²) in [4.78, 5) is 25.2. The number of esters is 1. The first kappa shape index (κ1) is 15.0. The Labute approximate surface area is 125 Å². The van der Waals surface area contributed by atoms with E-state index in [2.05, 4.69) is 20.7 Å².